The van der Waals surface area contributed by atoms with Crippen LogP contribution in [-0.4, -0.2) is 18.3 Å². The van der Waals surface area contributed by atoms with Crippen LogP contribution in [0.1, 0.15) is 37.0 Å². The van der Waals surface area contributed by atoms with Crippen LogP contribution in [0.25, 0.3) is 0 Å². The third-order valence-electron chi connectivity index (χ3n) is 3.59. The van der Waals surface area contributed by atoms with Gasteiger partial charge in [0.05, 0.1) is 0 Å². The van der Waals surface area contributed by atoms with Gasteiger partial charge in [-0.1, -0.05) is 13.8 Å². The van der Waals surface area contributed by atoms with Crippen LogP contribution in [0.4, 0.5) is 8.78 Å². The van der Waals surface area contributed by atoms with Crippen molar-refractivity contribution >= 4 is 17.5 Å². The standard InChI is InChI=1S/C14H18ClF2NO/c1-3-14(4-2,8-15)9-18-13(19)10-5-6-11(16)12(17)7-10/h5-7H,3-4,8-9H2,1-2H3,(H,18,19). The van der Waals surface area contributed by atoms with Crippen LogP contribution in [0.3, 0.4) is 0 Å². The van der Waals surface area contributed by atoms with Crippen LogP contribution in [0.15, 0.2) is 18.2 Å². The van der Waals surface area contributed by atoms with Crippen LogP contribution >= 0.6 is 11.6 Å². The molecule has 19 heavy (non-hydrogen) atoms. The summed E-state index contributed by atoms with van der Waals surface area (Å²) < 4.78 is 25.8. The Morgan fingerprint density at radius 1 is 1.26 bits per heavy atom. The highest BCUT2D eigenvalue weighted by Gasteiger charge is 2.25. The lowest BCUT2D eigenvalue weighted by Crippen LogP contribution is -2.38. The minimum atomic E-state index is -1.03. The Bertz CT molecular complexity index is 439. The molecule has 1 aromatic rings. The molecule has 1 amide bonds. The van der Waals surface area contributed by atoms with Gasteiger partial charge >= 0.3 is 0 Å². The van der Waals surface area contributed by atoms with E-state index < -0.39 is 17.5 Å². The Morgan fingerprint density at radius 3 is 2.37 bits per heavy atom. The molecule has 0 spiro atoms. The highest BCUT2D eigenvalue weighted by Crippen LogP contribution is 2.27. The third kappa shape index (κ3) is 3.90. The van der Waals surface area contributed by atoms with Gasteiger partial charge in [-0.15, -0.1) is 11.6 Å². The summed E-state index contributed by atoms with van der Waals surface area (Å²) in [5.74, 6) is -1.97. The topological polar surface area (TPSA) is 29.1 Å². The van der Waals surface area contributed by atoms with Gasteiger partial charge in [-0.05, 0) is 31.0 Å². The van der Waals surface area contributed by atoms with E-state index in [9.17, 15) is 13.6 Å². The predicted molar refractivity (Wildman–Crippen MR) is 72.4 cm³/mol. The average molecular weight is 290 g/mol. The summed E-state index contributed by atoms with van der Waals surface area (Å²) in [5, 5.41) is 2.73. The fraction of sp³-hybridized carbons (Fsp3) is 0.500. The molecule has 0 bridgehead atoms. The quantitative estimate of drug-likeness (QED) is 0.794. The van der Waals surface area contributed by atoms with Gasteiger partial charge in [0.1, 0.15) is 0 Å². The lowest BCUT2D eigenvalue weighted by molar-refractivity contribution is 0.0931. The van der Waals surface area contributed by atoms with Gasteiger partial charge in [-0.2, -0.15) is 0 Å². The van der Waals surface area contributed by atoms with Gasteiger partial charge in [0.15, 0.2) is 11.6 Å². The van der Waals surface area contributed by atoms with E-state index in [0.29, 0.717) is 12.4 Å². The predicted octanol–water partition coefficient (Wildman–Crippen LogP) is 3.74. The molecule has 0 saturated heterocycles. The molecule has 2 nitrogen and oxygen atoms in total. The smallest absolute Gasteiger partial charge is 0.251 e. The van der Waals surface area contributed by atoms with Crippen molar-refractivity contribution in [3.05, 3.63) is 35.4 Å². The van der Waals surface area contributed by atoms with Gasteiger partial charge in [0, 0.05) is 23.4 Å². The molecule has 1 rings (SSSR count). The highest BCUT2D eigenvalue weighted by molar-refractivity contribution is 6.18. The van der Waals surface area contributed by atoms with Crippen molar-refractivity contribution in [2.45, 2.75) is 26.7 Å². The van der Waals surface area contributed by atoms with Crippen LogP contribution in [0, 0.1) is 17.0 Å². The van der Waals surface area contributed by atoms with Gasteiger partial charge in [0.2, 0.25) is 0 Å². The van der Waals surface area contributed by atoms with E-state index >= 15 is 0 Å². The number of hydrogen-bond donors (Lipinski definition) is 1. The maximum atomic E-state index is 13.0. The third-order valence-corrected chi connectivity index (χ3v) is 4.16. The van der Waals surface area contributed by atoms with Gasteiger partial charge < -0.3 is 5.32 Å². The first-order valence-electron chi connectivity index (χ1n) is 6.27. The Hall–Kier alpha value is -1.16. The van der Waals surface area contributed by atoms with Gasteiger partial charge in [-0.3, -0.25) is 4.79 Å². The summed E-state index contributed by atoms with van der Waals surface area (Å²) >= 11 is 5.94. The molecule has 0 atom stereocenters. The van der Waals surface area contributed by atoms with E-state index in [1.54, 1.807) is 0 Å². The molecule has 0 saturated carbocycles. The van der Waals surface area contributed by atoms with E-state index in [1.165, 1.54) is 6.07 Å². The molecule has 5 heteroatoms. The summed E-state index contributed by atoms with van der Waals surface area (Å²) in [6.45, 7) is 4.44. The van der Waals surface area contributed by atoms with Crippen LogP contribution in [0.5, 0.6) is 0 Å². The van der Waals surface area contributed by atoms with Crippen molar-refractivity contribution < 1.29 is 13.6 Å². The molecular weight excluding hydrogens is 272 g/mol. The number of carbonyl (C=O) groups excluding carboxylic acids is 1. The molecule has 0 heterocycles. The van der Waals surface area contributed by atoms with Crippen molar-refractivity contribution in [2.75, 3.05) is 12.4 Å². The Labute approximate surface area is 117 Å². The summed E-state index contributed by atoms with van der Waals surface area (Å²) in [4.78, 5) is 11.9. The summed E-state index contributed by atoms with van der Waals surface area (Å²) in [6.07, 6.45) is 1.68. The van der Waals surface area contributed by atoms with Crippen LogP contribution < -0.4 is 5.32 Å². The zero-order valence-electron chi connectivity index (χ0n) is 11.1. The maximum absolute atomic E-state index is 13.0. The van der Waals surface area contributed by atoms with E-state index in [-0.39, 0.29) is 11.0 Å². The van der Waals surface area contributed by atoms with Crippen molar-refractivity contribution in [2.24, 2.45) is 5.41 Å². The average Bonchev–Trinajstić information content (AvgIpc) is 2.43. The molecule has 0 unspecified atom stereocenters. The number of hydrogen-bond acceptors (Lipinski definition) is 1. The van der Waals surface area contributed by atoms with Gasteiger partial charge in [-0.25, -0.2) is 8.78 Å². The fourth-order valence-corrected chi connectivity index (χ4v) is 2.22. The summed E-state index contributed by atoms with van der Waals surface area (Å²) in [7, 11) is 0. The molecule has 0 aromatic heterocycles. The first-order valence-corrected chi connectivity index (χ1v) is 6.80. The lowest BCUT2D eigenvalue weighted by atomic mass is 9.84. The molecule has 0 aliphatic heterocycles. The Morgan fingerprint density at radius 2 is 1.89 bits per heavy atom. The zero-order chi connectivity index (χ0) is 14.5. The number of alkyl halides is 1. The first-order chi connectivity index (χ1) is 8.98. The number of carbonyl (C=O) groups is 1. The minimum absolute atomic E-state index is 0.106. The van der Waals surface area contributed by atoms with Crippen molar-refractivity contribution in [3.63, 3.8) is 0 Å². The summed E-state index contributed by atoms with van der Waals surface area (Å²) in [5.41, 5.74) is -0.0509. The molecule has 1 N–H and O–H groups in total. The maximum Gasteiger partial charge on any atom is 0.251 e. The second-order valence-electron chi connectivity index (χ2n) is 4.65. The van der Waals surface area contributed by atoms with Crippen molar-refractivity contribution in [1.82, 2.24) is 5.32 Å². The second-order valence-corrected chi connectivity index (χ2v) is 4.92. The van der Waals surface area contributed by atoms with Crippen LogP contribution in [-0.2, 0) is 0 Å². The summed E-state index contributed by atoms with van der Waals surface area (Å²) in [6, 6.07) is 3.09. The molecule has 0 aliphatic carbocycles. The van der Waals surface area contributed by atoms with E-state index in [4.69, 9.17) is 11.6 Å². The van der Waals surface area contributed by atoms with E-state index in [0.717, 1.165) is 25.0 Å². The first kappa shape index (κ1) is 15.9. The zero-order valence-corrected chi connectivity index (χ0v) is 11.9. The second kappa shape index (κ2) is 6.85. The monoisotopic (exact) mass is 289 g/mol. The number of amides is 1. The fourth-order valence-electron chi connectivity index (χ4n) is 1.74. The number of nitrogens with one attached hydrogen (secondary N) is 1. The lowest BCUT2D eigenvalue weighted by Gasteiger charge is -2.29. The Kier molecular flexibility index (Phi) is 5.73. The van der Waals surface area contributed by atoms with Crippen molar-refractivity contribution in [1.29, 1.82) is 0 Å². The molecular formula is C14H18ClF2NO. The molecule has 0 radical (unpaired) electrons. The number of rotatable bonds is 6. The number of benzene rings is 1. The minimum Gasteiger partial charge on any atom is -0.351 e. The normalized spacial score (nSPS) is 11.4. The largest absolute Gasteiger partial charge is 0.351 e. The molecule has 1 aromatic carbocycles. The Balaban J connectivity index is 2.72. The molecule has 0 fully saturated rings. The molecule has 0 aliphatic rings. The SMILES string of the molecule is CCC(CC)(CCl)CNC(=O)c1ccc(F)c(F)c1. The van der Waals surface area contributed by atoms with E-state index in [2.05, 4.69) is 5.32 Å². The van der Waals surface area contributed by atoms with E-state index in [1.807, 2.05) is 13.8 Å². The highest BCUT2D eigenvalue weighted by atomic mass is 35.5. The van der Waals surface area contributed by atoms with Crippen molar-refractivity contribution in [3.8, 4) is 0 Å². The van der Waals surface area contributed by atoms with Gasteiger partial charge in [0.25, 0.3) is 5.91 Å². The number of halogens is 3. The molecule has 106 valence electrons. The van der Waals surface area contributed by atoms with Crippen LogP contribution in [0.2, 0.25) is 0 Å².